The van der Waals surface area contributed by atoms with E-state index in [0.717, 1.165) is 12.1 Å². The first-order valence-electron chi connectivity index (χ1n) is 7.13. The zero-order chi connectivity index (χ0) is 15.2. The van der Waals surface area contributed by atoms with Gasteiger partial charge >= 0.3 is 0 Å². The summed E-state index contributed by atoms with van der Waals surface area (Å²) < 4.78 is 10.8. The van der Waals surface area contributed by atoms with Gasteiger partial charge in [-0.25, -0.2) is 0 Å². The number of methoxy groups -OCH3 is 1. The van der Waals surface area contributed by atoms with Crippen LogP contribution in [-0.4, -0.2) is 32.2 Å². The van der Waals surface area contributed by atoms with Crippen LogP contribution >= 0.6 is 11.6 Å². The van der Waals surface area contributed by atoms with E-state index in [1.165, 1.54) is 12.8 Å². The molecule has 1 fully saturated rings. The third-order valence-electron chi connectivity index (χ3n) is 3.18. The van der Waals surface area contributed by atoms with Gasteiger partial charge in [-0.15, -0.1) is 0 Å². The SMILES string of the molecule is CCNC(=O)COc1c(Cl)cc(CNC2CC2)cc1OC. The fourth-order valence-electron chi connectivity index (χ4n) is 1.95. The summed E-state index contributed by atoms with van der Waals surface area (Å²) in [6.07, 6.45) is 2.47. The number of hydrogen-bond acceptors (Lipinski definition) is 4. The van der Waals surface area contributed by atoms with E-state index in [1.54, 1.807) is 7.11 Å². The van der Waals surface area contributed by atoms with E-state index in [1.807, 2.05) is 19.1 Å². The second kappa shape index (κ2) is 7.52. The van der Waals surface area contributed by atoms with Crippen LogP contribution in [0.4, 0.5) is 0 Å². The molecule has 0 atom stereocenters. The zero-order valence-electron chi connectivity index (χ0n) is 12.4. The predicted octanol–water partition coefficient (Wildman–Crippen LogP) is 2.12. The fourth-order valence-corrected chi connectivity index (χ4v) is 2.24. The van der Waals surface area contributed by atoms with Crippen LogP contribution in [0, 0.1) is 0 Å². The number of nitrogens with one attached hydrogen (secondary N) is 2. The molecule has 0 radical (unpaired) electrons. The third kappa shape index (κ3) is 4.79. The van der Waals surface area contributed by atoms with Gasteiger partial charge in [0.15, 0.2) is 18.1 Å². The van der Waals surface area contributed by atoms with Crippen molar-refractivity contribution >= 4 is 17.5 Å². The number of benzene rings is 1. The highest BCUT2D eigenvalue weighted by molar-refractivity contribution is 6.32. The molecule has 0 heterocycles. The Labute approximate surface area is 130 Å². The smallest absolute Gasteiger partial charge is 0.257 e. The van der Waals surface area contributed by atoms with Crippen LogP contribution in [0.1, 0.15) is 25.3 Å². The average Bonchev–Trinajstić information content (AvgIpc) is 3.27. The van der Waals surface area contributed by atoms with Crippen LogP contribution in [0.5, 0.6) is 11.5 Å². The molecule has 0 bridgehead atoms. The van der Waals surface area contributed by atoms with Crippen molar-refractivity contribution in [2.75, 3.05) is 20.3 Å². The van der Waals surface area contributed by atoms with Gasteiger partial charge in [0.2, 0.25) is 0 Å². The lowest BCUT2D eigenvalue weighted by Gasteiger charge is -2.14. The lowest BCUT2D eigenvalue weighted by molar-refractivity contribution is -0.122. The minimum Gasteiger partial charge on any atom is -0.493 e. The normalized spacial score (nSPS) is 13.9. The standard InChI is InChI=1S/C15H21ClN2O3/c1-3-17-14(19)9-21-15-12(16)6-10(7-13(15)20-2)8-18-11-4-5-11/h6-7,11,18H,3-5,8-9H2,1-2H3,(H,17,19). The summed E-state index contributed by atoms with van der Waals surface area (Å²) in [4.78, 5) is 11.4. The molecule has 0 spiro atoms. The molecule has 1 amide bonds. The minimum absolute atomic E-state index is 0.0798. The van der Waals surface area contributed by atoms with Crippen LogP contribution in [0.15, 0.2) is 12.1 Å². The van der Waals surface area contributed by atoms with Gasteiger partial charge in [-0.3, -0.25) is 4.79 Å². The summed E-state index contributed by atoms with van der Waals surface area (Å²) in [6, 6.07) is 4.35. The van der Waals surface area contributed by atoms with Crippen molar-refractivity contribution in [1.82, 2.24) is 10.6 Å². The molecule has 21 heavy (non-hydrogen) atoms. The number of carbonyl (C=O) groups excluding carboxylic acids is 1. The second-order valence-corrected chi connectivity index (χ2v) is 5.41. The van der Waals surface area contributed by atoms with Gasteiger partial charge in [0.1, 0.15) is 0 Å². The van der Waals surface area contributed by atoms with E-state index in [9.17, 15) is 4.79 Å². The number of hydrogen-bond donors (Lipinski definition) is 2. The van der Waals surface area contributed by atoms with Crippen molar-refractivity contribution in [1.29, 1.82) is 0 Å². The summed E-state index contributed by atoms with van der Waals surface area (Å²) in [7, 11) is 1.56. The van der Waals surface area contributed by atoms with Crippen molar-refractivity contribution in [3.8, 4) is 11.5 Å². The molecule has 1 aromatic rings. The first kappa shape index (κ1) is 15.9. The Kier molecular flexibility index (Phi) is 5.70. The number of likely N-dealkylation sites (N-methyl/N-ethyl adjacent to an activating group) is 1. The van der Waals surface area contributed by atoms with Gasteiger partial charge < -0.3 is 20.1 Å². The van der Waals surface area contributed by atoms with E-state index >= 15 is 0 Å². The van der Waals surface area contributed by atoms with E-state index in [0.29, 0.717) is 29.1 Å². The Balaban J connectivity index is 2.03. The van der Waals surface area contributed by atoms with Crippen LogP contribution in [0.2, 0.25) is 5.02 Å². The molecule has 1 aliphatic carbocycles. The molecule has 5 nitrogen and oxygen atoms in total. The van der Waals surface area contributed by atoms with Crippen molar-refractivity contribution in [3.63, 3.8) is 0 Å². The topological polar surface area (TPSA) is 59.6 Å². The highest BCUT2D eigenvalue weighted by Crippen LogP contribution is 2.36. The van der Waals surface area contributed by atoms with Crippen molar-refractivity contribution in [3.05, 3.63) is 22.7 Å². The molecule has 2 rings (SSSR count). The number of rotatable bonds is 8. The maximum Gasteiger partial charge on any atom is 0.257 e. The van der Waals surface area contributed by atoms with Crippen molar-refractivity contribution in [2.24, 2.45) is 0 Å². The molecule has 116 valence electrons. The van der Waals surface area contributed by atoms with E-state index in [-0.39, 0.29) is 12.5 Å². The second-order valence-electron chi connectivity index (χ2n) is 5.01. The number of carbonyl (C=O) groups is 1. The Morgan fingerprint density at radius 2 is 2.19 bits per heavy atom. The van der Waals surface area contributed by atoms with Gasteiger partial charge in [0.25, 0.3) is 5.91 Å². The Hall–Kier alpha value is -1.46. The lowest BCUT2D eigenvalue weighted by Crippen LogP contribution is -2.28. The summed E-state index contributed by atoms with van der Waals surface area (Å²) in [6.45, 7) is 3.09. The minimum atomic E-state index is -0.185. The van der Waals surface area contributed by atoms with E-state index in [4.69, 9.17) is 21.1 Å². The number of halogens is 1. The van der Waals surface area contributed by atoms with Crippen LogP contribution in [0.25, 0.3) is 0 Å². The predicted molar refractivity (Wildman–Crippen MR) is 82.0 cm³/mol. The van der Waals surface area contributed by atoms with Gasteiger partial charge in [-0.2, -0.15) is 0 Å². The molecule has 0 unspecified atom stereocenters. The monoisotopic (exact) mass is 312 g/mol. The molecule has 0 aliphatic heterocycles. The molecule has 2 N–H and O–H groups in total. The maximum atomic E-state index is 11.4. The highest BCUT2D eigenvalue weighted by Gasteiger charge is 2.20. The summed E-state index contributed by atoms with van der Waals surface area (Å²) in [5.41, 5.74) is 1.04. The first-order chi connectivity index (χ1) is 10.1. The van der Waals surface area contributed by atoms with Gasteiger partial charge in [-0.1, -0.05) is 11.6 Å². The number of ether oxygens (including phenoxy) is 2. The van der Waals surface area contributed by atoms with Crippen LogP contribution in [0.3, 0.4) is 0 Å². The third-order valence-corrected chi connectivity index (χ3v) is 3.46. The van der Waals surface area contributed by atoms with Gasteiger partial charge in [0, 0.05) is 19.1 Å². The number of amides is 1. The summed E-state index contributed by atoms with van der Waals surface area (Å²) >= 11 is 6.24. The maximum absolute atomic E-state index is 11.4. The van der Waals surface area contributed by atoms with Crippen LogP contribution in [-0.2, 0) is 11.3 Å². The van der Waals surface area contributed by atoms with Crippen LogP contribution < -0.4 is 20.1 Å². The van der Waals surface area contributed by atoms with Gasteiger partial charge in [-0.05, 0) is 37.5 Å². The molecular weight excluding hydrogens is 292 g/mol. The van der Waals surface area contributed by atoms with Crippen molar-refractivity contribution in [2.45, 2.75) is 32.4 Å². The Morgan fingerprint density at radius 1 is 1.43 bits per heavy atom. The summed E-state index contributed by atoms with van der Waals surface area (Å²) in [5.74, 6) is 0.759. The van der Waals surface area contributed by atoms with Gasteiger partial charge in [0.05, 0.1) is 12.1 Å². The fraction of sp³-hybridized carbons (Fsp3) is 0.533. The van der Waals surface area contributed by atoms with E-state index < -0.39 is 0 Å². The molecule has 1 aliphatic rings. The molecule has 1 saturated carbocycles. The molecular formula is C15H21ClN2O3. The quantitative estimate of drug-likeness (QED) is 0.772. The Morgan fingerprint density at radius 3 is 2.81 bits per heavy atom. The lowest BCUT2D eigenvalue weighted by atomic mass is 10.2. The van der Waals surface area contributed by atoms with E-state index in [2.05, 4.69) is 10.6 Å². The Bertz CT molecular complexity index is 504. The highest BCUT2D eigenvalue weighted by atomic mass is 35.5. The average molecular weight is 313 g/mol. The largest absolute Gasteiger partial charge is 0.493 e. The molecule has 6 heteroatoms. The first-order valence-corrected chi connectivity index (χ1v) is 7.51. The zero-order valence-corrected chi connectivity index (χ0v) is 13.1. The molecule has 1 aromatic carbocycles. The van der Waals surface area contributed by atoms with Crippen molar-refractivity contribution < 1.29 is 14.3 Å². The molecule has 0 saturated heterocycles. The molecule has 0 aromatic heterocycles. The summed E-state index contributed by atoms with van der Waals surface area (Å²) in [5, 5.41) is 6.53.